The van der Waals surface area contributed by atoms with Crippen LogP contribution in [0, 0.1) is 0 Å². The number of aromatic nitrogens is 1. The Bertz CT molecular complexity index is 1020. The number of ether oxygens (including phenoxy) is 4. The van der Waals surface area contributed by atoms with E-state index in [9.17, 15) is 22.8 Å². The normalized spacial score (nSPS) is 21.3. The van der Waals surface area contributed by atoms with Crippen molar-refractivity contribution in [3.05, 3.63) is 51.9 Å². The minimum absolute atomic E-state index is 0.119. The third-order valence-electron chi connectivity index (χ3n) is 4.80. The van der Waals surface area contributed by atoms with Crippen molar-refractivity contribution >= 4 is 5.91 Å². The lowest BCUT2D eigenvalue weighted by Gasteiger charge is -2.37. The molecule has 1 amide bonds. The number of alkyl halides is 3. The molecule has 1 saturated heterocycles. The van der Waals surface area contributed by atoms with Gasteiger partial charge in [0, 0.05) is 12.7 Å². The highest BCUT2D eigenvalue weighted by Gasteiger charge is 2.36. The first-order valence-corrected chi connectivity index (χ1v) is 9.64. The largest absolute Gasteiger partial charge is 0.491 e. The fraction of sp³-hybridized carbons (Fsp3) is 0.429. The number of carbonyl (C=O) groups is 1. The highest BCUT2D eigenvalue weighted by molar-refractivity contribution is 5.94. The van der Waals surface area contributed by atoms with Crippen LogP contribution in [0.4, 0.5) is 13.2 Å². The molecule has 1 aliphatic rings. The fourth-order valence-corrected chi connectivity index (χ4v) is 3.42. The fourth-order valence-electron chi connectivity index (χ4n) is 3.42. The zero-order chi connectivity index (χ0) is 23.5. The number of halogens is 3. The molecule has 0 aliphatic carbocycles. The lowest BCUT2D eigenvalue weighted by atomic mass is 10.0. The molecule has 0 radical (unpaired) electrons. The van der Waals surface area contributed by atoms with E-state index in [2.05, 4.69) is 0 Å². The summed E-state index contributed by atoms with van der Waals surface area (Å²) in [6.07, 6.45) is -5.19. The molecule has 1 aromatic heterocycles. The lowest BCUT2D eigenvalue weighted by molar-refractivity contribution is -0.213. The van der Waals surface area contributed by atoms with Crippen LogP contribution in [0.5, 0.6) is 5.75 Å². The standard InChI is InChI=1S/C21H23F3N2O6/c1-20(10-29-2)11-30-8-14(32-20)9-31-13-5-3-12(4-6-13)15-7-16(18(25)27)19(28)26-17(15)21(22,23)24/h3-7,14H,8-11H2,1-2H3,(H2,25,27)(H,26,28)/t14-,20-/m1/s1. The Labute approximate surface area is 181 Å². The topological polar surface area (TPSA) is 113 Å². The average molecular weight is 456 g/mol. The van der Waals surface area contributed by atoms with Gasteiger partial charge < -0.3 is 29.7 Å². The number of H-pyrrole nitrogens is 1. The molecule has 1 aliphatic heterocycles. The van der Waals surface area contributed by atoms with Crippen molar-refractivity contribution in [3.8, 4) is 16.9 Å². The van der Waals surface area contributed by atoms with Crippen LogP contribution in [0.25, 0.3) is 11.1 Å². The van der Waals surface area contributed by atoms with E-state index < -0.39 is 34.5 Å². The van der Waals surface area contributed by atoms with E-state index in [0.717, 1.165) is 6.07 Å². The molecule has 32 heavy (non-hydrogen) atoms. The van der Waals surface area contributed by atoms with Crippen molar-refractivity contribution < 1.29 is 36.9 Å². The SMILES string of the molecule is COC[C@]1(C)COC[C@H](COc2ccc(-c3cc(C(N)=O)c(=O)[nH]c3C(F)(F)F)cc2)O1. The molecule has 0 bridgehead atoms. The van der Waals surface area contributed by atoms with Gasteiger partial charge in [0.05, 0.1) is 19.8 Å². The van der Waals surface area contributed by atoms with E-state index in [-0.39, 0.29) is 23.8 Å². The summed E-state index contributed by atoms with van der Waals surface area (Å²) in [7, 11) is 1.56. The van der Waals surface area contributed by atoms with Gasteiger partial charge in [-0.3, -0.25) is 9.59 Å². The summed E-state index contributed by atoms with van der Waals surface area (Å²) in [5, 5.41) is 0. The summed E-state index contributed by atoms with van der Waals surface area (Å²) in [6, 6.07) is 6.56. The van der Waals surface area contributed by atoms with Crippen molar-refractivity contribution in [2.24, 2.45) is 5.73 Å². The number of hydrogen-bond acceptors (Lipinski definition) is 6. The molecule has 2 aromatic rings. The second kappa shape index (κ2) is 9.31. The zero-order valence-electron chi connectivity index (χ0n) is 17.5. The summed E-state index contributed by atoms with van der Waals surface area (Å²) in [5.74, 6) is -0.735. The second-order valence-corrected chi connectivity index (χ2v) is 7.64. The van der Waals surface area contributed by atoms with Crippen LogP contribution in [0.2, 0.25) is 0 Å². The molecule has 11 heteroatoms. The summed E-state index contributed by atoms with van der Waals surface area (Å²) < 4.78 is 62.6. The van der Waals surface area contributed by atoms with Gasteiger partial charge in [0.1, 0.15) is 35.3 Å². The van der Waals surface area contributed by atoms with Gasteiger partial charge in [-0.2, -0.15) is 13.2 Å². The van der Waals surface area contributed by atoms with E-state index in [1.165, 1.54) is 24.3 Å². The Morgan fingerprint density at radius 3 is 2.59 bits per heavy atom. The van der Waals surface area contributed by atoms with Crippen LogP contribution in [0.3, 0.4) is 0 Å². The van der Waals surface area contributed by atoms with Crippen molar-refractivity contribution in [1.82, 2.24) is 4.98 Å². The quantitative estimate of drug-likeness (QED) is 0.662. The average Bonchev–Trinajstić information content (AvgIpc) is 2.71. The molecular weight excluding hydrogens is 433 g/mol. The summed E-state index contributed by atoms with van der Waals surface area (Å²) in [5.41, 5.74) is 1.20. The Hall–Kier alpha value is -2.89. The summed E-state index contributed by atoms with van der Waals surface area (Å²) in [6.45, 7) is 3.10. The maximum absolute atomic E-state index is 13.4. The van der Waals surface area contributed by atoms with Crippen molar-refractivity contribution in [1.29, 1.82) is 0 Å². The van der Waals surface area contributed by atoms with Gasteiger partial charge in [0.15, 0.2) is 0 Å². The minimum Gasteiger partial charge on any atom is -0.491 e. The van der Waals surface area contributed by atoms with E-state index in [1.807, 2.05) is 6.92 Å². The third-order valence-corrected chi connectivity index (χ3v) is 4.80. The smallest absolute Gasteiger partial charge is 0.431 e. The first kappa shape index (κ1) is 23.8. The molecule has 174 valence electrons. The number of nitrogens with one attached hydrogen (secondary N) is 1. The molecule has 2 heterocycles. The van der Waals surface area contributed by atoms with Crippen LogP contribution in [-0.2, 0) is 20.4 Å². The number of primary amides is 1. The van der Waals surface area contributed by atoms with Crippen molar-refractivity contribution in [3.63, 3.8) is 0 Å². The Kier molecular flexibility index (Phi) is 6.91. The number of methoxy groups -OCH3 is 1. The number of nitrogens with two attached hydrogens (primary N) is 1. The highest BCUT2D eigenvalue weighted by atomic mass is 19.4. The number of carbonyl (C=O) groups excluding carboxylic acids is 1. The number of aromatic amines is 1. The maximum Gasteiger partial charge on any atom is 0.431 e. The van der Waals surface area contributed by atoms with Crippen LogP contribution in [0.1, 0.15) is 23.0 Å². The molecule has 1 fully saturated rings. The molecule has 0 saturated carbocycles. The number of rotatable bonds is 7. The van der Waals surface area contributed by atoms with Crippen molar-refractivity contribution in [2.45, 2.75) is 24.8 Å². The lowest BCUT2D eigenvalue weighted by Crippen LogP contribution is -2.50. The van der Waals surface area contributed by atoms with Crippen LogP contribution in [-0.4, -0.2) is 56.1 Å². The summed E-state index contributed by atoms with van der Waals surface area (Å²) >= 11 is 0. The molecule has 8 nitrogen and oxygen atoms in total. The molecule has 3 rings (SSSR count). The van der Waals surface area contributed by atoms with Gasteiger partial charge in [0.25, 0.3) is 11.5 Å². The van der Waals surface area contributed by atoms with Gasteiger partial charge in [-0.05, 0) is 30.7 Å². The van der Waals surface area contributed by atoms with Crippen LogP contribution < -0.4 is 16.0 Å². The van der Waals surface area contributed by atoms with E-state index in [4.69, 9.17) is 24.7 Å². The first-order chi connectivity index (χ1) is 15.0. The first-order valence-electron chi connectivity index (χ1n) is 9.64. The van der Waals surface area contributed by atoms with Gasteiger partial charge in [-0.1, -0.05) is 12.1 Å². The predicted molar refractivity (Wildman–Crippen MR) is 107 cm³/mol. The number of amides is 1. The van der Waals surface area contributed by atoms with Gasteiger partial charge in [-0.15, -0.1) is 0 Å². The predicted octanol–water partition coefficient (Wildman–Crippen LogP) is 2.36. The number of pyridine rings is 1. The van der Waals surface area contributed by atoms with Crippen molar-refractivity contribution in [2.75, 3.05) is 33.5 Å². The minimum atomic E-state index is -4.84. The third kappa shape index (κ3) is 5.47. The Morgan fingerprint density at radius 1 is 1.31 bits per heavy atom. The molecule has 0 unspecified atom stereocenters. The molecule has 1 aromatic carbocycles. The summed E-state index contributed by atoms with van der Waals surface area (Å²) in [4.78, 5) is 24.9. The molecule has 2 atom stereocenters. The van der Waals surface area contributed by atoms with Crippen LogP contribution >= 0.6 is 0 Å². The Morgan fingerprint density at radius 2 is 2.00 bits per heavy atom. The van der Waals surface area contributed by atoms with Gasteiger partial charge in [-0.25, -0.2) is 0 Å². The van der Waals surface area contributed by atoms with Gasteiger partial charge in [0.2, 0.25) is 0 Å². The molecule has 0 spiro atoms. The number of benzene rings is 1. The van der Waals surface area contributed by atoms with E-state index in [1.54, 1.807) is 12.1 Å². The Balaban J connectivity index is 1.78. The van der Waals surface area contributed by atoms with Gasteiger partial charge >= 0.3 is 6.18 Å². The van der Waals surface area contributed by atoms with Crippen LogP contribution in [0.15, 0.2) is 35.1 Å². The molecule has 3 N–H and O–H groups in total. The monoisotopic (exact) mass is 456 g/mol. The van der Waals surface area contributed by atoms with E-state index in [0.29, 0.717) is 25.6 Å². The molecular formula is C21H23F3N2O6. The highest BCUT2D eigenvalue weighted by Crippen LogP contribution is 2.35. The number of hydrogen-bond donors (Lipinski definition) is 2. The maximum atomic E-state index is 13.4. The second-order valence-electron chi connectivity index (χ2n) is 7.64. The zero-order valence-corrected chi connectivity index (χ0v) is 17.5. The van der Waals surface area contributed by atoms with E-state index >= 15 is 0 Å².